The van der Waals surface area contributed by atoms with Gasteiger partial charge in [-0.1, -0.05) is 29.3 Å². The highest BCUT2D eigenvalue weighted by atomic mass is 35.5. The summed E-state index contributed by atoms with van der Waals surface area (Å²) in [6.45, 7) is 4.76. The third kappa shape index (κ3) is 5.21. The lowest BCUT2D eigenvalue weighted by Crippen LogP contribution is -2.34. The number of carboxylic acids is 1. The Balaban J connectivity index is 1.64. The number of ketones is 1. The van der Waals surface area contributed by atoms with Gasteiger partial charge in [0, 0.05) is 13.0 Å². The predicted molar refractivity (Wildman–Crippen MR) is 128 cm³/mol. The number of halogens is 5. The molecular weight excluding hydrogens is 520 g/mol. The number of carbonyl (C=O) groups excluding carboxylic acids is 1. The molecule has 0 spiro atoms. The number of carbonyl (C=O) groups is 2. The van der Waals surface area contributed by atoms with E-state index in [4.69, 9.17) is 28.3 Å². The van der Waals surface area contributed by atoms with Gasteiger partial charge in [0.15, 0.2) is 11.3 Å². The number of rotatable bonds is 6. The van der Waals surface area contributed by atoms with Crippen LogP contribution < -0.4 is 0 Å². The standard InChI is InChI=1S/C24H23Cl2F3N4O3/c1-12-9-17(24(27,28)29)31-33-13(2)21(30-23(12)33)22(36)19-16(25)4-3-15(20(19)26)11-32-7-5-14(6-8-32)10-18(34)35/h3-4,9,14H,5-8,10-11H2,1-2H3,(H,34,35). The minimum Gasteiger partial charge on any atom is -0.481 e. The predicted octanol–water partition coefficient (Wildman–Crippen LogP) is 5.59. The van der Waals surface area contributed by atoms with Gasteiger partial charge in [-0.05, 0) is 69.0 Å². The van der Waals surface area contributed by atoms with E-state index in [9.17, 15) is 22.8 Å². The molecule has 12 heteroatoms. The Morgan fingerprint density at radius 1 is 1.17 bits per heavy atom. The molecule has 1 aliphatic rings. The monoisotopic (exact) mass is 542 g/mol. The molecule has 1 fully saturated rings. The molecule has 0 radical (unpaired) electrons. The number of carboxylic acid groups (broad SMARTS) is 1. The number of aliphatic carboxylic acids is 1. The van der Waals surface area contributed by atoms with Crippen molar-refractivity contribution in [1.82, 2.24) is 19.5 Å². The maximum atomic E-state index is 13.5. The molecule has 0 unspecified atom stereocenters. The lowest BCUT2D eigenvalue weighted by Gasteiger charge is -2.31. The van der Waals surface area contributed by atoms with Crippen LogP contribution in [0.1, 0.15) is 57.8 Å². The summed E-state index contributed by atoms with van der Waals surface area (Å²) in [7, 11) is 0. The molecule has 2 aromatic heterocycles. The lowest BCUT2D eigenvalue weighted by atomic mass is 9.93. The molecule has 3 heterocycles. The first-order valence-corrected chi connectivity index (χ1v) is 12.0. The van der Waals surface area contributed by atoms with Crippen molar-refractivity contribution in [2.24, 2.45) is 5.92 Å². The quantitative estimate of drug-likeness (QED) is 0.408. The van der Waals surface area contributed by atoms with Crippen molar-refractivity contribution in [2.75, 3.05) is 13.1 Å². The summed E-state index contributed by atoms with van der Waals surface area (Å²) in [6.07, 6.45) is -3.01. The SMILES string of the molecule is Cc1cc(C(F)(F)F)nn2c(C)c(C(=O)c3c(Cl)ccc(CN4CCC(CC(=O)O)CC4)c3Cl)nc12. The van der Waals surface area contributed by atoms with E-state index >= 15 is 0 Å². The zero-order valence-corrected chi connectivity index (χ0v) is 21.0. The fraction of sp³-hybridized carbons (Fsp3) is 0.417. The van der Waals surface area contributed by atoms with Crippen molar-refractivity contribution >= 4 is 40.6 Å². The number of piperidine rings is 1. The van der Waals surface area contributed by atoms with Crippen LogP contribution in [0.4, 0.5) is 13.2 Å². The van der Waals surface area contributed by atoms with Gasteiger partial charge in [0.1, 0.15) is 5.69 Å². The Hall–Kier alpha value is -2.69. The number of hydrogen-bond acceptors (Lipinski definition) is 5. The average Bonchev–Trinajstić information content (AvgIpc) is 3.13. The molecule has 36 heavy (non-hydrogen) atoms. The minimum absolute atomic E-state index is 0.0248. The number of aromatic nitrogens is 3. The largest absolute Gasteiger partial charge is 0.481 e. The third-order valence-electron chi connectivity index (χ3n) is 6.46. The molecule has 0 saturated carbocycles. The maximum Gasteiger partial charge on any atom is 0.435 e. The summed E-state index contributed by atoms with van der Waals surface area (Å²) >= 11 is 13.0. The molecule has 1 aromatic carbocycles. The second-order valence-electron chi connectivity index (χ2n) is 9.03. The van der Waals surface area contributed by atoms with Crippen LogP contribution in [0, 0.1) is 19.8 Å². The second kappa shape index (κ2) is 9.99. The number of nitrogens with zero attached hydrogens (tertiary/aromatic N) is 4. The lowest BCUT2D eigenvalue weighted by molar-refractivity contribution is -0.142. The molecule has 0 bridgehead atoms. The van der Waals surface area contributed by atoms with E-state index in [1.807, 2.05) is 0 Å². The van der Waals surface area contributed by atoms with Crippen LogP contribution >= 0.6 is 23.2 Å². The number of benzene rings is 1. The Bertz CT molecular complexity index is 1350. The van der Waals surface area contributed by atoms with Crippen molar-refractivity contribution in [3.63, 3.8) is 0 Å². The van der Waals surface area contributed by atoms with Crippen molar-refractivity contribution in [3.05, 3.63) is 62.0 Å². The fourth-order valence-electron chi connectivity index (χ4n) is 4.51. The van der Waals surface area contributed by atoms with Crippen LogP contribution in [0.25, 0.3) is 5.65 Å². The highest BCUT2D eigenvalue weighted by Gasteiger charge is 2.35. The van der Waals surface area contributed by atoms with Gasteiger partial charge in [-0.2, -0.15) is 18.3 Å². The van der Waals surface area contributed by atoms with Crippen LogP contribution in [-0.2, 0) is 17.5 Å². The summed E-state index contributed by atoms with van der Waals surface area (Å²) < 4.78 is 40.8. The summed E-state index contributed by atoms with van der Waals surface area (Å²) in [5.41, 5.74) is 0.0148. The molecule has 3 aromatic rings. The normalized spacial score (nSPS) is 15.5. The summed E-state index contributed by atoms with van der Waals surface area (Å²) in [4.78, 5) is 30.9. The van der Waals surface area contributed by atoms with Gasteiger partial charge in [0.05, 0.1) is 21.3 Å². The van der Waals surface area contributed by atoms with Crippen molar-refractivity contribution in [1.29, 1.82) is 0 Å². The van der Waals surface area contributed by atoms with E-state index in [0.717, 1.165) is 23.4 Å². The molecule has 192 valence electrons. The van der Waals surface area contributed by atoms with Gasteiger partial charge in [-0.3, -0.25) is 14.5 Å². The molecule has 1 aliphatic heterocycles. The number of imidazole rings is 1. The van der Waals surface area contributed by atoms with E-state index < -0.39 is 23.6 Å². The van der Waals surface area contributed by atoms with E-state index in [0.29, 0.717) is 25.2 Å². The first-order valence-electron chi connectivity index (χ1n) is 11.3. The molecule has 0 amide bonds. The number of aryl methyl sites for hydroxylation is 2. The first-order chi connectivity index (χ1) is 16.9. The zero-order valence-electron chi connectivity index (χ0n) is 19.5. The molecule has 4 rings (SSSR count). The van der Waals surface area contributed by atoms with Gasteiger partial charge in [0.25, 0.3) is 0 Å². The minimum atomic E-state index is -4.65. The Labute approximate surface area is 214 Å². The van der Waals surface area contributed by atoms with Crippen LogP contribution in [0.5, 0.6) is 0 Å². The summed E-state index contributed by atoms with van der Waals surface area (Å²) in [6, 6.07) is 4.17. The first kappa shape index (κ1) is 26.4. The number of likely N-dealkylation sites (tertiary alicyclic amines) is 1. The van der Waals surface area contributed by atoms with E-state index in [1.54, 1.807) is 12.1 Å². The molecule has 0 aliphatic carbocycles. The van der Waals surface area contributed by atoms with Gasteiger partial charge in [0.2, 0.25) is 5.78 Å². The van der Waals surface area contributed by atoms with Gasteiger partial charge >= 0.3 is 12.1 Å². The number of alkyl halides is 3. The molecule has 1 saturated heterocycles. The van der Waals surface area contributed by atoms with Crippen LogP contribution in [0.15, 0.2) is 18.2 Å². The maximum absolute atomic E-state index is 13.5. The van der Waals surface area contributed by atoms with Gasteiger partial charge in [-0.25, -0.2) is 9.50 Å². The van der Waals surface area contributed by atoms with Crippen LogP contribution in [-0.4, -0.2) is 49.4 Å². The molecule has 0 atom stereocenters. The number of fused-ring (bicyclic) bond motifs is 1. The molecule has 7 nitrogen and oxygen atoms in total. The molecular formula is C24H23Cl2F3N4O3. The van der Waals surface area contributed by atoms with Crippen molar-refractivity contribution in [2.45, 2.75) is 45.8 Å². The van der Waals surface area contributed by atoms with E-state index in [-0.39, 0.29) is 50.5 Å². The van der Waals surface area contributed by atoms with Crippen LogP contribution in [0.2, 0.25) is 10.0 Å². The summed E-state index contributed by atoms with van der Waals surface area (Å²) in [5.74, 6) is -1.29. The highest BCUT2D eigenvalue weighted by molar-refractivity contribution is 6.41. The Morgan fingerprint density at radius 2 is 1.83 bits per heavy atom. The van der Waals surface area contributed by atoms with Crippen molar-refractivity contribution in [3.8, 4) is 0 Å². The Morgan fingerprint density at radius 3 is 2.44 bits per heavy atom. The van der Waals surface area contributed by atoms with Crippen LogP contribution in [0.3, 0.4) is 0 Å². The topological polar surface area (TPSA) is 87.8 Å². The van der Waals surface area contributed by atoms with Gasteiger partial charge in [-0.15, -0.1) is 0 Å². The fourth-order valence-corrected chi connectivity index (χ4v) is 5.11. The number of hydrogen-bond donors (Lipinski definition) is 1. The zero-order chi connectivity index (χ0) is 26.4. The van der Waals surface area contributed by atoms with E-state index in [2.05, 4.69) is 15.0 Å². The van der Waals surface area contributed by atoms with Crippen molar-refractivity contribution < 1.29 is 27.9 Å². The smallest absolute Gasteiger partial charge is 0.435 e. The van der Waals surface area contributed by atoms with Gasteiger partial charge < -0.3 is 5.11 Å². The molecule has 1 N–H and O–H groups in total. The van der Waals surface area contributed by atoms with E-state index in [1.165, 1.54) is 13.8 Å². The average molecular weight is 543 g/mol. The highest BCUT2D eigenvalue weighted by Crippen LogP contribution is 2.34. The summed E-state index contributed by atoms with van der Waals surface area (Å²) in [5, 5.41) is 12.9. The third-order valence-corrected chi connectivity index (χ3v) is 7.21. The second-order valence-corrected chi connectivity index (χ2v) is 9.82. The Kier molecular flexibility index (Phi) is 7.32.